The summed E-state index contributed by atoms with van der Waals surface area (Å²) < 4.78 is 24.8. The summed E-state index contributed by atoms with van der Waals surface area (Å²) in [5, 5.41) is 7.03. The molecule has 140 valence electrons. The van der Waals surface area contributed by atoms with E-state index in [4.69, 9.17) is 0 Å². The molecule has 0 atom stereocenters. The minimum Gasteiger partial charge on any atom is -0.351 e. The second-order valence-corrected chi connectivity index (χ2v) is 8.51. The SMILES string of the molecule is CCS(=O)(=O)CCNC(=O)c1cccc(-n2nccc2-c2ccccc2)c1. The first-order valence-corrected chi connectivity index (χ1v) is 10.5. The summed E-state index contributed by atoms with van der Waals surface area (Å²) in [5.41, 5.74) is 3.15. The van der Waals surface area contributed by atoms with Crippen molar-refractivity contribution >= 4 is 15.7 Å². The first-order valence-electron chi connectivity index (χ1n) is 8.68. The van der Waals surface area contributed by atoms with Crippen LogP contribution in [0, 0.1) is 0 Å². The molecule has 0 aliphatic carbocycles. The fraction of sp³-hybridized carbons (Fsp3) is 0.200. The van der Waals surface area contributed by atoms with Crippen LogP contribution in [0.2, 0.25) is 0 Å². The van der Waals surface area contributed by atoms with Crippen molar-refractivity contribution in [1.29, 1.82) is 0 Å². The molecule has 0 bridgehead atoms. The molecule has 0 fully saturated rings. The maximum Gasteiger partial charge on any atom is 0.251 e. The maximum absolute atomic E-state index is 12.4. The van der Waals surface area contributed by atoms with Gasteiger partial charge in [0.2, 0.25) is 0 Å². The number of rotatable bonds is 7. The molecule has 1 N–H and O–H groups in total. The first kappa shape index (κ1) is 18.8. The van der Waals surface area contributed by atoms with Gasteiger partial charge in [0.15, 0.2) is 9.84 Å². The van der Waals surface area contributed by atoms with Crippen LogP contribution in [0.3, 0.4) is 0 Å². The van der Waals surface area contributed by atoms with Crippen molar-refractivity contribution < 1.29 is 13.2 Å². The highest BCUT2D eigenvalue weighted by atomic mass is 32.2. The number of aromatic nitrogens is 2. The van der Waals surface area contributed by atoms with E-state index in [-0.39, 0.29) is 24.0 Å². The molecule has 1 amide bonds. The molecule has 1 aromatic heterocycles. The highest BCUT2D eigenvalue weighted by Gasteiger charge is 2.12. The number of nitrogens with one attached hydrogen (secondary N) is 1. The van der Waals surface area contributed by atoms with Crippen LogP contribution in [-0.2, 0) is 9.84 Å². The number of hydrogen-bond donors (Lipinski definition) is 1. The molecule has 2 aromatic carbocycles. The Morgan fingerprint density at radius 3 is 2.59 bits per heavy atom. The van der Waals surface area contributed by atoms with E-state index in [0.717, 1.165) is 16.9 Å². The van der Waals surface area contributed by atoms with Crippen LogP contribution in [0.4, 0.5) is 0 Å². The van der Waals surface area contributed by atoms with Gasteiger partial charge in [-0.2, -0.15) is 5.10 Å². The van der Waals surface area contributed by atoms with Crippen molar-refractivity contribution in [1.82, 2.24) is 15.1 Å². The normalized spacial score (nSPS) is 11.3. The monoisotopic (exact) mass is 383 g/mol. The zero-order valence-corrected chi connectivity index (χ0v) is 15.8. The Hall–Kier alpha value is -2.93. The average Bonchev–Trinajstić information content (AvgIpc) is 3.18. The largest absolute Gasteiger partial charge is 0.351 e. The van der Waals surface area contributed by atoms with Gasteiger partial charge in [-0.3, -0.25) is 4.79 Å². The summed E-state index contributed by atoms with van der Waals surface area (Å²) in [4.78, 5) is 12.4. The van der Waals surface area contributed by atoms with Crippen molar-refractivity contribution in [2.24, 2.45) is 0 Å². The van der Waals surface area contributed by atoms with E-state index in [9.17, 15) is 13.2 Å². The molecule has 0 radical (unpaired) electrons. The molecule has 7 heteroatoms. The Morgan fingerprint density at radius 1 is 1.07 bits per heavy atom. The highest BCUT2D eigenvalue weighted by molar-refractivity contribution is 7.91. The summed E-state index contributed by atoms with van der Waals surface area (Å²) in [6.45, 7) is 1.69. The van der Waals surface area contributed by atoms with Crippen molar-refractivity contribution in [2.45, 2.75) is 6.92 Å². The molecule has 6 nitrogen and oxygen atoms in total. The fourth-order valence-electron chi connectivity index (χ4n) is 2.68. The molecule has 0 unspecified atom stereocenters. The Morgan fingerprint density at radius 2 is 1.85 bits per heavy atom. The van der Waals surface area contributed by atoms with Gasteiger partial charge in [0, 0.05) is 23.4 Å². The highest BCUT2D eigenvalue weighted by Crippen LogP contribution is 2.22. The number of benzene rings is 2. The molecule has 3 rings (SSSR count). The zero-order chi connectivity index (χ0) is 19.3. The minimum atomic E-state index is -3.11. The van der Waals surface area contributed by atoms with E-state index in [2.05, 4.69) is 10.4 Å². The summed E-state index contributed by atoms with van der Waals surface area (Å²) in [6, 6.07) is 18.9. The van der Waals surface area contributed by atoms with Gasteiger partial charge in [-0.25, -0.2) is 13.1 Å². The predicted octanol–water partition coefficient (Wildman–Crippen LogP) is 2.70. The molecule has 0 saturated carbocycles. The fourth-order valence-corrected chi connectivity index (χ4v) is 3.38. The van der Waals surface area contributed by atoms with Crippen LogP contribution in [0.5, 0.6) is 0 Å². The Balaban J connectivity index is 1.79. The van der Waals surface area contributed by atoms with Crippen LogP contribution in [0.15, 0.2) is 66.9 Å². The van der Waals surface area contributed by atoms with Crippen molar-refractivity contribution in [3.8, 4) is 16.9 Å². The van der Waals surface area contributed by atoms with Gasteiger partial charge < -0.3 is 5.32 Å². The van der Waals surface area contributed by atoms with E-state index < -0.39 is 9.84 Å². The van der Waals surface area contributed by atoms with E-state index in [1.165, 1.54) is 0 Å². The standard InChI is InChI=1S/C20H21N3O3S/c1-2-27(25,26)14-13-21-20(24)17-9-6-10-18(15-17)23-19(11-12-22-23)16-7-4-3-5-8-16/h3-12,15H,2,13-14H2,1H3,(H,21,24). The average molecular weight is 383 g/mol. The van der Waals surface area contributed by atoms with Crippen LogP contribution < -0.4 is 5.32 Å². The third-order valence-corrected chi connectivity index (χ3v) is 5.91. The summed E-state index contributed by atoms with van der Waals surface area (Å²) >= 11 is 0. The molecular weight excluding hydrogens is 362 g/mol. The molecule has 0 aliphatic rings. The lowest BCUT2D eigenvalue weighted by Crippen LogP contribution is -2.29. The predicted molar refractivity (Wildman–Crippen MR) is 106 cm³/mol. The van der Waals surface area contributed by atoms with Crippen molar-refractivity contribution in [2.75, 3.05) is 18.1 Å². The number of nitrogens with zero attached hydrogens (tertiary/aromatic N) is 2. The molecule has 3 aromatic rings. The smallest absolute Gasteiger partial charge is 0.251 e. The number of carbonyl (C=O) groups excluding carboxylic acids is 1. The molecule has 0 spiro atoms. The van der Waals surface area contributed by atoms with Crippen LogP contribution in [-0.4, -0.2) is 42.2 Å². The quantitative estimate of drug-likeness (QED) is 0.680. The Bertz CT molecular complexity index is 1030. The van der Waals surface area contributed by atoms with Gasteiger partial charge in [0.05, 0.1) is 23.3 Å². The number of carbonyl (C=O) groups is 1. The summed E-state index contributed by atoms with van der Waals surface area (Å²) in [7, 11) is -3.11. The summed E-state index contributed by atoms with van der Waals surface area (Å²) in [5.74, 6) is -0.303. The first-order chi connectivity index (χ1) is 13.0. The number of sulfone groups is 1. The van der Waals surface area contributed by atoms with Crippen LogP contribution >= 0.6 is 0 Å². The topological polar surface area (TPSA) is 81.1 Å². The lowest BCUT2D eigenvalue weighted by atomic mass is 10.1. The molecule has 27 heavy (non-hydrogen) atoms. The van der Waals surface area contributed by atoms with Gasteiger partial charge >= 0.3 is 0 Å². The second-order valence-electron chi connectivity index (χ2n) is 6.04. The Labute approximate surface area is 158 Å². The number of amides is 1. The second kappa shape index (κ2) is 8.18. The lowest BCUT2D eigenvalue weighted by Gasteiger charge is -2.10. The van der Waals surface area contributed by atoms with Gasteiger partial charge in [0.25, 0.3) is 5.91 Å². The van der Waals surface area contributed by atoms with Crippen LogP contribution in [0.25, 0.3) is 16.9 Å². The lowest BCUT2D eigenvalue weighted by molar-refractivity contribution is 0.0956. The number of hydrogen-bond acceptors (Lipinski definition) is 4. The van der Waals surface area contributed by atoms with E-state index in [0.29, 0.717) is 5.56 Å². The minimum absolute atomic E-state index is 0.0633. The molecular formula is C20H21N3O3S. The third kappa shape index (κ3) is 4.62. The van der Waals surface area contributed by atoms with E-state index >= 15 is 0 Å². The van der Waals surface area contributed by atoms with Gasteiger partial charge in [-0.05, 0) is 24.3 Å². The van der Waals surface area contributed by atoms with E-state index in [1.54, 1.807) is 36.0 Å². The third-order valence-electron chi connectivity index (χ3n) is 4.20. The van der Waals surface area contributed by atoms with Gasteiger partial charge in [-0.15, -0.1) is 0 Å². The molecule has 0 aliphatic heterocycles. The molecule has 1 heterocycles. The van der Waals surface area contributed by atoms with Crippen LogP contribution in [0.1, 0.15) is 17.3 Å². The zero-order valence-electron chi connectivity index (χ0n) is 15.0. The van der Waals surface area contributed by atoms with Crippen molar-refractivity contribution in [3.63, 3.8) is 0 Å². The van der Waals surface area contributed by atoms with E-state index in [1.807, 2.05) is 42.5 Å². The maximum atomic E-state index is 12.4. The summed E-state index contributed by atoms with van der Waals surface area (Å²) in [6.07, 6.45) is 1.71. The van der Waals surface area contributed by atoms with Gasteiger partial charge in [-0.1, -0.05) is 43.3 Å². The van der Waals surface area contributed by atoms with Gasteiger partial charge in [0.1, 0.15) is 0 Å². The van der Waals surface area contributed by atoms with Crippen molar-refractivity contribution in [3.05, 3.63) is 72.4 Å². The Kier molecular flexibility index (Phi) is 5.71. The molecule has 0 saturated heterocycles.